The molecule has 0 aliphatic rings. The van der Waals surface area contributed by atoms with E-state index < -0.39 is 12.2 Å². The number of halogens is 4. The van der Waals surface area contributed by atoms with E-state index in [0.717, 1.165) is 4.47 Å². The van der Waals surface area contributed by atoms with Gasteiger partial charge in [0.2, 0.25) is 0 Å². The van der Waals surface area contributed by atoms with Crippen molar-refractivity contribution in [3.05, 3.63) is 28.2 Å². The third-order valence-electron chi connectivity index (χ3n) is 2.41. The van der Waals surface area contributed by atoms with E-state index in [2.05, 4.69) is 21.2 Å². The number of likely N-dealkylation sites (N-methyl/N-ethyl adjacent to an activating group) is 1. The van der Waals surface area contributed by atoms with Crippen molar-refractivity contribution in [1.82, 2.24) is 5.32 Å². The Morgan fingerprint density at radius 2 is 2.06 bits per heavy atom. The lowest BCUT2D eigenvalue weighted by atomic mass is 10.0. The van der Waals surface area contributed by atoms with Gasteiger partial charge in [0.25, 0.3) is 0 Å². The molecule has 17 heavy (non-hydrogen) atoms. The first-order valence-corrected chi connectivity index (χ1v) is 5.74. The van der Waals surface area contributed by atoms with Crippen LogP contribution in [0.25, 0.3) is 0 Å². The molecule has 1 N–H and O–H groups in total. The second kappa shape index (κ2) is 5.73. The van der Waals surface area contributed by atoms with Crippen molar-refractivity contribution < 1.29 is 17.9 Å². The molecule has 0 radical (unpaired) electrons. The number of ether oxygens (including phenoxy) is 1. The minimum atomic E-state index is -4.28. The maximum absolute atomic E-state index is 12.6. The molecule has 0 aromatic heterocycles. The van der Waals surface area contributed by atoms with Crippen LogP contribution in [-0.2, 0) is 6.42 Å². The molecule has 0 saturated heterocycles. The molecule has 96 valence electrons. The predicted molar refractivity (Wildman–Crippen MR) is 63.3 cm³/mol. The molecule has 1 aromatic carbocycles. The number of alkyl halides is 3. The zero-order chi connectivity index (χ0) is 13.1. The second-order valence-electron chi connectivity index (χ2n) is 3.54. The average Bonchev–Trinajstić information content (AvgIpc) is 2.24. The SMILES string of the molecule is CNC(Cc1cc(Br)ccc1OC)C(F)(F)F. The summed E-state index contributed by atoms with van der Waals surface area (Å²) in [5.41, 5.74) is 0.513. The minimum Gasteiger partial charge on any atom is -0.496 e. The Morgan fingerprint density at radius 3 is 2.53 bits per heavy atom. The monoisotopic (exact) mass is 311 g/mol. The van der Waals surface area contributed by atoms with Crippen molar-refractivity contribution in [1.29, 1.82) is 0 Å². The van der Waals surface area contributed by atoms with E-state index >= 15 is 0 Å². The number of methoxy groups -OCH3 is 1. The summed E-state index contributed by atoms with van der Waals surface area (Å²) in [6.07, 6.45) is -4.44. The van der Waals surface area contributed by atoms with Gasteiger partial charge in [0.05, 0.1) is 7.11 Å². The molecule has 1 atom stereocenters. The number of hydrogen-bond donors (Lipinski definition) is 1. The quantitative estimate of drug-likeness (QED) is 0.922. The number of rotatable bonds is 4. The first kappa shape index (κ1) is 14.3. The highest BCUT2D eigenvalue weighted by atomic mass is 79.9. The molecule has 0 aliphatic carbocycles. The zero-order valence-electron chi connectivity index (χ0n) is 9.44. The van der Waals surface area contributed by atoms with Crippen LogP contribution in [0.2, 0.25) is 0 Å². The average molecular weight is 312 g/mol. The van der Waals surface area contributed by atoms with Crippen molar-refractivity contribution in [2.45, 2.75) is 18.6 Å². The Balaban J connectivity index is 2.96. The van der Waals surface area contributed by atoms with Gasteiger partial charge in [-0.05, 0) is 30.8 Å². The van der Waals surface area contributed by atoms with E-state index in [1.807, 2.05) is 0 Å². The third-order valence-corrected chi connectivity index (χ3v) is 2.90. The van der Waals surface area contributed by atoms with Crippen molar-refractivity contribution in [2.24, 2.45) is 0 Å². The highest BCUT2D eigenvalue weighted by molar-refractivity contribution is 9.10. The fourth-order valence-corrected chi connectivity index (χ4v) is 1.92. The molecule has 0 aliphatic heterocycles. The van der Waals surface area contributed by atoms with Crippen molar-refractivity contribution in [2.75, 3.05) is 14.2 Å². The van der Waals surface area contributed by atoms with E-state index in [0.29, 0.717) is 11.3 Å². The molecule has 1 rings (SSSR count). The summed E-state index contributed by atoms with van der Waals surface area (Å²) in [5.74, 6) is 0.456. The Morgan fingerprint density at radius 1 is 1.41 bits per heavy atom. The normalized spacial score (nSPS) is 13.5. The fourth-order valence-electron chi connectivity index (χ4n) is 1.51. The van der Waals surface area contributed by atoms with Gasteiger partial charge >= 0.3 is 6.18 Å². The maximum atomic E-state index is 12.6. The lowest BCUT2D eigenvalue weighted by Gasteiger charge is -2.20. The van der Waals surface area contributed by atoms with E-state index in [9.17, 15) is 13.2 Å². The summed E-state index contributed by atoms with van der Waals surface area (Å²) in [6, 6.07) is 3.42. The maximum Gasteiger partial charge on any atom is 0.404 e. The van der Waals surface area contributed by atoms with E-state index in [-0.39, 0.29) is 6.42 Å². The van der Waals surface area contributed by atoms with Crippen LogP contribution >= 0.6 is 15.9 Å². The lowest BCUT2D eigenvalue weighted by Crippen LogP contribution is -2.41. The van der Waals surface area contributed by atoms with E-state index in [1.165, 1.54) is 14.2 Å². The molecule has 0 spiro atoms. The standard InChI is InChI=1S/C11H13BrF3NO/c1-16-10(11(13,14)15)6-7-5-8(12)3-4-9(7)17-2/h3-5,10,16H,6H2,1-2H3. The Hall–Kier alpha value is -0.750. The van der Waals surface area contributed by atoms with Gasteiger partial charge in [-0.1, -0.05) is 15.9 Å². The van der Waals surface area contributed by atoms with E-state index in [1.54, 1.807) is 18.2 Å². The molecule has 0 bridgehead atoms. The minimum absolute atomic E-state index is 0.164. The van der Waals surface area contributed by atoms with Crippen LogP contribution in [0.5, 0.6) is 5.75 Å². The predicted octanol–water partition coefficient (Wildman–Crippen LogP) is 3.15. The Labute approximate surface area is 106 Å². The van der Waals surface area contributed by atoms with Crippen LogP contribution < -0.4 is 10.1 Å². The Bertz CT molecular complexity index is 381. The topological polar surface area (TPSA) is 21.3 Å². The van der Waals surface area contributed by atoms with Crippen LogP contribution in [0.15, 0.2) is 22.7 Å². The van der Waals surface area contributed by atoms with E-state index in [4.69, 9.17) is 4.74 Å². The van der Waals surface area contributed by atoms with Gasteiger partial charge < -0.3 is 10.1 Å². The van der Waals surface area contributed by atoms with Crippen LogP contribution in [0, 0.1) is 0 Å². The molecule has 0 amide bonds. The summed E-state index contributed by atoms with van der Waals surface area (Å²) in [7, 11) is 2.73. The number of benzene rings is 1. The van der Waals surface area contributed by atoms with Crippen molar-refractivity contribution in [3.63, 3.8) is 0 Å². The van der Waals surface area contributed by atoms with Gasteiger partial charge in [-0.25, -0.2) is 0 Å². The van der Waals surface area contributed by atoms with Gasteiger partial charge in [-0.2, -0.15) is 13.2 Å². The summed E-state index contributed by atoms with van der Waals surface area (Å²) >= 11 is 3.23. The van der Waals surface area contributed by atoms with Gasteiger partial charge in [-0.3, -0.25) is 0 Å². The summed E-state index contributed by atoms with van der Waals surface area (Å²) < 4.78 is 43.7. The van der Waals surface area contributed by atoms with Crippen molar-refractivity contribution >= 4 is 15.9 Å². The molecular weight excluding hydrogens is 299 g/mol. The summed E-state index contributed by atoms with van der Waals surface area (Å²) in [5, 5.41) is 2.27. The molecule has 1 unspecified atom stereocenters. The van der Waals surface area contributed by atoms with Crippen LogP contribution in [-0.4, -0.2) is 26.4 Å². The molecule has 1 aromatic rings. The fraction of sp³-hybridized carbons (Fsp3) is 0.455. The summed E-state index contributed by atoms with van der Waals surface area (Å²) in [4.78, 5) is 0. The van der Waals surface area contributed by atoms with Gasteiger partial charge in [-0.15, -0.1) is 0 Å². The first-order valence-electron chi connectivity index (χ1n) is 4.95. The van der Waals surface area contributed by atoms with Crippen LogP contribution in [0.1, 0.15) is 5.56 Å². The molecule has 2 nitrogen and oxygen atoms in total. The van der Waals surface area contributed by atoms with Crippen molar-refractivity contribution in [3.8, 4) is 5.75 Å². The van der Waals surface area contributed by atoms with Crippen LogP contribution in [0.3, 0.4) is 0 Å². The highest BCUT2D eigenvalue weighted by Gasteiger charge is 2.38. The molecule has 0 heterocycles. The molecule has 0 saturated carbocycles. The van der Waals surface area contributed by atoms with Gasteiger partial charge in [0.15, 0.2) is 0 Å². The highest BCUT2D eigenvalue weighted by Crippen LogP contribution is 2.28. The van der Waals surface area contributed by atoms with Gasteiger partial charge in [0.1, 0.15) is 11.8 Å². The summed E-state index contributed by atoms with van der Waals surface area (Å²) in [6.45, 7) is 0. The molecule has 0 fully saturated rings. The number of nitrogens with one attached hydrogen (secondary N) is 1. The second-order valence-corrected chi connectivity index (χ2v) is 4.46. The smallest absolute Gasteiger partial charge is 0.404 e. The molecular formula is C11H13BrF3NO. The Kier molecular flexibility index (Phi) is 4.82. The largest absolute Gasteiger partial charge is 0.496 e. The van der Waals surface area contributed by atoms with Crippen LogP contribution in [0.4, 0.5) is 13.2 Å². The lowest BCUT2D eigenvalue weighted by molar-refractivity contribution is -0.154. The van der Waals surface area contributed by atoms with Gasteiger partial charge in [0, 0.05) is 10.9 Å². The zero-order valence-corrected chi connectivity index (χ0v) is 11.0. The number of hydrogen-bond acceptors (Lipinski definition) is 2. The molecule has 6 heteroatoms. The third kappa shape index (κ3) is 3.89. The first-order chi connectivity index (χ1) is 7.88.